The first-order valence-electron chi connectivity index (χ1n) is 10.3. The summed E-state index contributed by atoms with van der Waals surface area (Å²) in [6, 6.07) is 4.02. The molecule has 0 amide bonds. The predicted molar refractivity (Wildman–Crippen MR) is 102 cm³/mol. The average Bonchev–Trinajstić information content (AvgIpc) is 2.68. The van der Waals surface area contributed by atoms with Crippen molar-refractivity contribution >= 4 is 0 Å². The monoisotopic (exact) mass is 362 g/mol. The van der Waals surface area contributed by atoms with Crippen LogP contribution in [0.25, 0.3) is 0 Å². The molecule has 26 heavy (non-hydrogen) atoms. The van der Waals surface area contributed by atoms with Crippen molar-refractivity contribution in [2.45, 2.75) is 76.9 Å². The van der Waals surface area contributed by atoms with Gasteiger partial charge in [-0.15, -0.1) is 6.58 Å². The van der Waals surface area contributed by atoms with E-state index in [4.69, 9.17) is 4.74 Å². The molecular formula is C23H32F2O. The largest absolute Gasteiger partial charge is 0.374 e. The van der Waals surface area contributed by atoms with Crippen LogP contribution < -0.4 is 0 Å². The zero-order valence-corrected chi connectivity index (χ0v) is 15.8. The van der Waals surface area contributed by atoms with Crippen molar-refractivity contribution in [2.24, 2.45) is 17.8 Å². The van der Waals surface area contributed by atoms with E-state index in [0.29, 0.717) is 12.2 Å². The highest BCUT2D eigenvalue weighted by molar-refractivity contribution is 5.16. The Balaban J connectivity index is 1.36. The van der Waals surface area contributed by atoms with E-state index in [2.05, 4.69) is 6.58 Å². The third-order valence-corrected chi connectivity index (χ3v) is 6.53. The highest BCUT2D eigenvalue weighted by Crippen LogP contribution is 2.41. The van der Waals surface area contributed by atoms with Crippen LogP contribution in [0.2, 0.25) is 0 Å². The van der Waals surface area contributed by atoms with Gasteiger partial charge in [-0.1, -0.05) is 25.0 Å². The molecule has 2 aliphatic carbocycles. The van der Waals surface area contributed by atoms with Crippen LogP contribution >= 0.6 is 0 Å². The third-order valence-electron chi connectivity index (χ3n) is 6.53. The van der Waals surface area contributed by atoms with Gasteiger partial charge >= 0.3 is 0 Å². The first-order chi connectivity index (χ1) is 12.7. The summed E-state index contributed by atoms with van der Waals surface area (Å²) in [5.74, 6) is 1.09. The van der Waals surface area contributed by atoms with Gasteiger partial charge in [-0.2, -0.15) is 0 Å². The van der Waals surface area contributed by atoms with E-state index in [9.17, 15) is 8.78 Å². The number of rotatable bonds is 7. The maximum absolute atomic E-state index is 13.3. The third kappa shape index (κ3) is 5.39. The molecule has 0 spiro atoms. The topological polar surface area (TPSA) is 9.23 Å². The number of ether oxygens (including phenoxy) is 1. The Morgan fingerprint density at radius 2 is 1.58 bits per heavy atom. The molecule has 1 nitrogen and oxygen atoms in total. The van der Waals surface area contributed by atoms with Crippen molar-refractivity contribution in [3.8, 4) is 0 Å². The van der Waals surface area contributed by atoms with Crippen LogP contribution in [0.5, 0.6) is 0 Å². The Morgan fingerprint density at radius 3 is 2.19 bits per heavy atom. The number of halogens is 2. The van der Waals surface area contributed by atoms with Crippen LogP contribution in [0.1, 0.15) is 69.8 Å². The lowest BCUT2D eigenvalue weighted by atomic mass is 9.70. The molecule has 1 aromatic carbocycles. The molecule has 144 valence electrons. The number of benzene rings is 1. The van der Waals surface area contributed by atoms with E-state index in [1.54, 1.807) is 6.07 Å². The Morgan fingerprint density at radius 1 is 0.923 bits per heavy atom. The van der Waals surface area contributed by atoms with Crippen LogP contribution in [0.15, 0.2) is 30.9 Å². The van der Waals surface area contributed by atoms with Crippen LogP contribution in [-0.2, 0) is 11.3 Å². The molecule has 0 saturated heterocycles. The van der Waals surface area contributed by atoms with Gasteiger partial charge in [-0.3, -0.25) is 0 Å². The number of hydrogen-bond acceptors (Lipinski definition) is 1. The Kier molecular flexibility index (Phi) is 7.24. The van der Waals surface area contributed by atoms with Crippen molar-refractivity contribution in [1.82, 2.24) is 0 Å². The van der Waals surface area contributed by atoms with Crippen molar-refractivity contribution in [3.05, 3.63) is 48.1 Å². The first-order valence-corrected chi connectivity index (χ1v) is 10.3. The van der Waals surface area contributed by atoms with E-state index in [0.717, 1.165) is 37.0 Å². The minimum atomic E-state index is -0.798. The molecule has 0 bridgehead atoms. The molecule has 1 aromatic rings. The summed E-state index contributed by atoms with van der Waals surface area (Å²) in [6.45, 7) is 4.21. The van der Waals surface area contributed by atoms with Crippen molar-refractivity contribution < 1.29 is 13.5 Å². The SMILES string of the molecule is C=CCC[C@H]1CC[C@H](C2CCC(OCc3ccc(F)c(F)c3)CC2)CC1. The molecule has 0 aliphatic heterocycles. The molecule has 0 aromatic heterocycles. The second-order valence-electron chi connectivity index (χ2n) is 8.24. The minimum Gasteiger partial charge on any atom is -0.374 e. The molecule has 0 atom stereocenters. The fourth-order valence-electron chi connectivity index (χ4n) is 4.87. The maximum Gasteiger partial charge on any atom is 0.159 e. The second kappa shape index (κ2) is 9.64. The molecule has 2 fully saturated rings. The van der Waals surface area contributed by atoms with E-state index in [-0.39, 0.29) is 6.10 Å². The lowest BCUT2D eigenvalue weighted by Gasteiger charge is -2.37. The van der Waals surface area contributed by atoms with Crippen molar-refractivity contribution in [3.63, 3.8) is 0 Å². The highest BCUT2D eigenvalue weighted by Gasteiger charge is 2.30. The van der Waals surface area contributed by atoms with Crippen molar-refractivity contribution in [2.75, 3.05) is 0 Å². The maximum atomic E-state index is 13.3. The van der Waals surface area contributed by atoms with Gasteiger partial charge in [0.2, 0.25) is 0 Å². The molecule has 0 N–H and O–H groups in total. The molecule has 2 saturated carbocycles. The summed E-state index contributed by atoms with van der Waals surface area (Å²) >= 11 is 0. The van der Waals surface area contributed by atoms with E-state index < -0.39 is 11.6 Å². The molecule has 3 rings (SSSR count). The summed E-state index contributed by atoms with van der Waals surface area (Å²) in [7, 11) is 0. The Bertz CT molecular complexity index is 570. The van der Waals surface area contributed by atoms with Crippen molar-refractivity contribution in [1.29, 1.82) is 0 Å². The van der Waals surface area contributed by atoms with Crippen LogP contribution in [0.3, 0.4) is 0 Å². The summed E-state index contributed by atoms with van der Waals surface area (Å²) in [6.07, 6.45) is 15.1. The molecule has 0 unspecified atom stereocenters. The zero-order valence-electron chi connectivity index (χ0n) is 15.8. The van der Waals surface area contributed by atoms with E-state index in [1.165, 1.54) is 57.1 Å². The molecular weight excluding hydrogens is 330 g/mol. The zero-order chi connectivity index (χ0) is 18.4. The predicted octanol–water partition coefficient (Wildman–Crippen LogP) is 6.81. The normalized spacial score (nSPS) is 29.5. The summed E-state index contributed by atoms with van der Waals surface area (Å²) in [4.78, 5) is 0. The lowest BCUT2D eigenvalue weighted by Crippen LogP contribution is -2.28. The summed E-state index contributed by atoms with van der Waals surface area (Å²) in [5.41, 5.74) is 0.712. The first kappa shape index (κ1) is 19.5. The summed E-state index contributed by atoms with van der Waals surface area (Å²) in [5, 5.41) is 0. The van der Waals surface area contributed by atoms with Crippen LogP contribution in [-0.4, -0.2) is 6.10 Å². The second-order valence-corrected chi connectivity index (χ2v) is 8.24. The van der Waals surface area contributed by atoms with Crippen LogP contribution in [0.4, 0.5) is 8.78 Å². The standard InChI is InChI=1S/C23H32F2O/c1-2-3-4-17-5-8-19(9-6-17)20-10-12-21(13-11-20)26-16-18-7-14-22(24)23(25)15-18/h2,7,14-15,17,19-21H,1,3-6,8-13,16H2/t17-,19-,20?,21?. The quantitative estimate of drug-likeness (QED) is 0.484. The number of allylic oxidation sites excluding steroid dienone is 1. The van der Waals surface area contributed by atoms with Gasteiger partial charge in [0, 0.05) is 0 Å². The fraction of sp³-hybridized carbons (Fsp3) is 0.652. The molecule has 2 aliphatic rings. The van der Waals surface area contributed by atoms with Gasteiger partial charge in [0.25, 0.3) is 0 Å². The van der Waals surface area contributed by atoms with E-state index in [1.807, 2.05) is 6.08 Å². The highest BCUT2D eigenvalue weighted by atomic mass is 19.2. The Labute approximate surface area is 156 Å². The van der Waals surface area contributed by atoms with Gasteiger partial charge in [0.15, 0.2) is 11.6 Å². The van der Waals surface area contributed by atoms with Gasteiger partial charge in [-0.05, 0) is 86.8 Å². The Hall–Kier alpha value is -1.22. The average molecular weight is 363 g/mol. The van der Waals surface area contributed by atoms with Gasteiger partial charge in [0.1, 0.15) is 0 Å². The van der Waals surface area contributed by atoms with E-state index >= 15 is 0 Å². The smallest absolute Gasteiger partial charge is 0.159 e. The van der Waals surface area contributed by atoms with Gasteiger partial charge < -0.3 is 4.74 Å². The minimum absolute atomic E-state index is 0.267. The molecule has 0 radical (unpaired) electrons. The van der Waals surface area contributed by atoms with Gasteiger partial charge in [-0.25, -0.2) is 8.78 Å². The molecule has 0 heterocycles. The van der Waals surface area contributed by atoms with Gasteiger partial charge in [0.05, 0.1) is 12.7 Å². The molecule has 3 heteroatoms. The lowest BCUT2D eigenvalue weighted by molar-refractivity contribution is -0.00293. The fourth-order valence-corrected chi connectivity index (χ4v) is 4.87. The van der Waals surface area contributed by atoms with Crippen LogP contribution in [0, 0.1) is 29.4 Å². The summed E-state index contributed by atoms with van der Waals surface area (Å²) < 4.78 is 32.2. The number of hydrogen-bond donors (Lipinski definition) is 0.